The molecule has 0 aromatic carbocycles. The van der Waals surface area contributed by atoms with Gasteiger partial charge >= 0.3 is 0 Å². The molecule has 0 bridgehead atoms. The molecule has 3 aliphatic heterocycles. The first-order valence-corrected chi connectivity index (χ1v) is 40.6. The minimum atomic E-state index is -1.98. The molecule has 19 heteroatoms. The van der Waals surface area contributed by atoms with Crippen LogP contribution in [0.1, 0.15) is 284 Å². The zero-order valence-electron chi connectivity index (χ0n) is 63.5. The molecule has 17 atom stereocenters. The van der Waals surface area contributed by atoms with Crippen LogP contribution in [0, 0.1) is 0 Å². The van der Waals surface area contributed by atoms with Crippen LogP contribution in [0.4, 0.5) is 0 Å². The third kappa shape index (κ3) is 43.3. The third-order valence-electron chi connectivity index (χ3n) is 19.6. The van der Waals surface area contributed by atoms with Gasteiger partial charge in [0.15, 0.2) is 18.9 Å². The maximum atomic E-state index is 13.5. The lowest BCUT2D eigenvalue weighted by molar-refractivity contribution is -0.379. The summed E-state index contributed by atoms with van der Waals surface area (Å²) in [7, 11) is 0. The Morgan fingerprint density at radius 2 is 0.680 bits per heavy atom. The SMILES string of the molecule is CC/C=C\C/C=C\C/C=C\C/C=C\C/C=C\C/C=C\C/C=C\CCCCCCCCCCCCCCCCCCCC(=O)NC(COC1OC(CO)C(OC2OC(CO)C(OC3OC(CO)C(O)C(O)C3O)C(O)C2O)C(O)C1O)C(O)/C=C/CC/C=C/CCCCCCCCCCCCCCC. The molecule has 0 aliphatic carbocycles. The number of carbonyl (C=O) groups is 1. The standard InChI is InChI=1S/C84H145NO18/c1-3-5-7-9-11-13-15-17-19-21-23-24-25-26-27-28-29-30-31-32-33-34-35-36-37-38-39-40-41-42-44-46-48-50-52-54-56-58-60-62-72(90)85-67(68(89)61-59-57-55-53-51-49-47-45-43-22-20-18-16-14-12-10-8-6-4-2)66-98-82-78(96)75(93)80(70(64-87)100-82)103-84-79(97)76(94)81(71(65-88)101-84)102-83-77(95)74(92)73(91)69(63-86)99-83/h5,7,11,13,17,19,23-24,26-27,29-30,32-33,51,53,59,61,67-71,73-84,86-89,91-97H,3-4,6,8-10,12,14-16,18,20-22,25,28,31,34-50,52,54-58,60,62-66H2,1-2H3,(H,85,90)/b7-5-,13-11-,19-17-,24-23-,27-26-,30-29-,33-32-,53-51+,61-59+. The van der Waals surface area contributed by atoms with Gasteiger partial charge in [-0.15, -0.1) is 0 Å². The molecule has 3 aliphatic rings. The van der Waals surface area contributed by atoms with Crippen molar-refractivity contribution in [1.82, 2.24) is 5.32 Å². The van der Waals surface area contributed by atoms with Gasteiger partial charge in [0.25, 0.3) is 0 Å². The van der Waals surface area contributed by atoms with E-state index in [-0.39, 0.29) is 18.9 Å². The fourth-order valence-corrected chi connectivity index (χ4v) is 13.1. The second kappa shape index (κ2) is 63.4. The summed E-state index contributed by atoms with van der Waals surface area (Å²) in [4.78, 5) is 13.5. The highest BCUT2D eigenvalue weighted by molar-refractivity contribution is 5.76. The summed E-state index contributed by atoms with van der Waals surface area (Å²) in [5, 5.41) is 121. The van der Waals surface area contributed by atoms with Crippen molar-refractivity contribution in [3.05, 3.63) is 109 Å². The lowest BCUT2D eigenvalue weighted by Gasteiger charge is -2.48. The van der Waals surface area contributed by atoms with Crippen LogP contribution in [0.5, 0.6) is 0 Å². The summed E-state index contributed by atoms with van der Waals surface area (Å²) < 4.78 is 34.4. The van der Waals surface area contributed by atoms with Gasteiger partial charge in [-0.2, -0.15) is 0 Å². The van der Waals surface area contributed by atoms with Crippen LogP contribution >= 0.6 is 0 Å². The number of allylic oxidation sites excluding steroid dienone is 17. The number of carbonyl (C=O) groups excluding carboxylic acids is 1. The van der Waals surface area contributed by atoms with Gasteiger partial charge in [0.1, 0.15) is 73.2 Å². The molecule has 594 valence electrons. The molecule has 0 radical (unpaired) electrons. The number of rotatable bonds is 63. The van der Waals surface area contributed by atoms with Crippen LogP contribution in [0.15, 0.2) is 109 Å². The zero-order chi connectivity index (χ0) is 74.6. The Morgan fingerprint density at radius 3 is 1.09 bits per heavy atom. The molecule has 0 aromatic rings. The Hall–Kier alpha value is -3.55. The van der Waals surface area contributed by atoms with Crippen molar-refractivity contribution in [2.24, 2.45) is 0 Å². The van der Waals surface area contributed by atoms with Crippen molar-refractivity contribution in [3.8, 4) is 0 Å². The molecule has 3 heterocycles. The topological polar surface area (TPSA) is 307 Å². The molecule has 3 saturated heterocycles. The normalized spacial score (nSPS) is 26.6. The van der Waals surface area contributed by atoms with E-state index in [9.17, 15) is 61.0 Å². The predicted octanol–water partition coefficient (Wildman–Crippen LogP) is 13.7. The number of unbranched alkanes of at least 4 members (excludes halogenated alkanes) is 31. The highest BCUT2D eigenvalue weighted by Gasteiger charge is 2.54. The lowest BCUT2D eigenvalue weighted by Crippen LogP contribution is -2.66. The summed E-state index contributed by atoms with van der Waals surface area (Å²) in [5.74, 6) is -0.286. The lowest BCUT2D eigenvalue weighted by atomic mass is 9.96. The Labute approximate surface area is 621 Å². The summed E-state index contributed by atoms with van der Waals surface area (Å²) in [5.41, 5.74) is 0. The second-order valence-electron chi connectivity index (χ2n) is 28.5. The summed E-state index contributed by atoms with van der Waals surface area (Å²) in [6.45, 7) is 1.62. The zero-order valence-corrected chi connectivity index (χ0v) is 63.5. The maximum Gasteiger partial charge on any atom is 0.220 e. The van der Waals surface area contributed by atoms with E-state index in [1.54, 1.807) is 6.08 Å². The average Bonchev–Trinajstić information content (AvgIpc) is 0.781. The molecule has 17 unspecified atom stereocenters. The summed E-state index contributed by atoms with van der Waals surface area (Å²) in [6, 6.07) is -0.995. The molecule has 3 fully saturated rings. The molecule has 3 rings (SSSR count). The highest BCUT2D eigenvalue weighted by atomic mass is 16.8. The van der Waals surface area contributed by atoms with Crippen LogP contribution in [0.2, 0.25) is 0 Å². The predicted molar refractivity (Wildman–Crippen MR) is 410 cm³/mol. The number of nitrogens with one attached hydrogen (secondary N) is 1. The average molecular weight is 1460 g/mol. The first-order chi connectivity index (χ1) is 50.3. The number of hydrogen-bond donors (Lipinski definition) is 12. The molecule has 19 nitrogen and oxygen atoms in total. The smallest absolute Gasteiger partial charge is 0.220 e. The number of amides is 1. The van der Waals surface area contributed by atoms with E-state index in [1.165, 1.54) is 167 Å². The highest BCUT2D eigenvalue weighted by Crippen LogP contribution is 2.33. The van der Waals surface area contributed by atoms with E-state index in [0.29, 0.717) is 12.8 Å². The Kier molecular flexibility index (Phi) is 57.6. The van der Waals surface area contributed by atoms with Crippen molar-refractivity contribution in [1.29, 1.82) is 0 Å². The maximum absolute atomic E-state index is 13.5. The van der Waals surface area contributed by atoms with Crippen molar-refractivity contribution in [2.75, 3.05) is 26.4 Å². The first kappa shape index (κ1) is 93.7. The van der Waals surface area contributed by atoms with E-state index in [4.69, 9.17) is 28.4 Å². The van der Waals surface area contributed by atoms with Crippen molar-refractivity contribution >= 4 is 5.91 Å². The largest absolute Gasteiger partial charge is 0.394 e. The molecule has 12 N–H and O–H groups in total. The minimum absolute atomic E-state index is 0.232. The quantitative estimate of drug-likeness (QED) is 0.0199. The van der Waals surface area contributed by atoms with Gasteiger partial charge in [-0.05, 0) is 89.9 Å². The number of hydrogen-bond acceptors (Lipinski definition) is 18. The van der Waals surface area contributed by atoms with Crippen molar-refractivity contribution in [3.63, 3.8) is 0 Å². The summed E-state index contributed by atoms with van der Waals surface area (Å²) in [6.07, 6.45) is 60.8. The van der Waals surface area contributed by atoms with Gasteiger partial charge in [-0.3, -0.25) is 4.79 Å². The van der Waals surface area contributed by atoms with Crippen LogP contribution in [-0.2, 0) is 33.2 Å². The van der Waals surface area contributed by atoms with E-state index in [0.717, 1.165) is 83.5 Å². The molecule has 0 saturated carbocycles. The first-order valence-electron chi connectivity index (χ1n) is 40.6. The van der Waals surface area contributed by atoms with Crippen LogP contribution < -0.4 is 5.32 Å². The van der Waals surface area contributed by atoms with E-state index < -0.39 is 124 Å². The third-order valence-corrected chi connectivity index (χ3v) is 19.6. The van der Waals surface area contributed by atoms with Gasteiger partial charge in [0, 0.05) is 6.42 Å². The number of aliphatic hydroxyl groups excluding tert-OH is 11. The molecule has 0 aromatic heterocycles. The minimum Gasteiger partial charge on any atom is -0.394 e. The Morgan fingerprint density at radius 1 is 0.359 bits per heavy atom. The number of ether oxygens (including phenoxy) is 6. The second-order valence-corrected chi connectivity index (χ2v) is 28.5. The van der Waals surface area contributed by atoms with Crippen LogP contribution in [0.3, 0.4) is 0 Å². The molecular formula is C84H145NO18. The fraction of sp³-hybridized carbons (Fsp3) is 0.774. The van der Waals surface area contributed by atoms with E-state index in [1.807, 2.05) is 6.08 Å². The molecular weight excluding hydrogens is 1310 g/mol. The Balaban J connectivity index is 1.33. The fourth-order valence-electron chi connectivity index (χ4n) is 13.1. The van der Waals surface area contributed by atoms with E-state index >= 15 is 0 Å². The number of aliphatic hydroxyl groups is 11. The van der Waals surface area contributed by atoms with E-state index in [2.05, 4.69) is 116 Å². The van der Waals surface area contributed by atoms with Gasteiger partial charge in [0.05, 0.1) is 38.6 Å². The van der Waals surface area contributed by atoms with Gasteiger partial charge in [-0.1, -0.05) is 297 Å². The van der Waals surface area contributed by atoms with Gasteiger partial charge in [0.2, 0.25) is 5.91 Å². The monoisotopic (exact) mass is 1460 g/mol. The van der Waals surface area contributed by atoms with Crippen LogP contribution in [-0.4, -0.2) is 193 Å². The molecule has 103 heavy (non-hydrogen) atoms. The van der Waals surface area contributed by atoms with Crippen LogP contribution in [0.25, 0.3) is 0 Å². The van der Waals surface area contributed by atoms with Gasteiger partial charge in [-0.25, -0.2) is 0 Å². The molecule has 1 amide bonds. The Bertz CT molecular complexity index is 2290. The van der Waals surface area contributed by atoms with Crippen molar-refractivity contribution in [2.45, 2.75) is 388 Å². The van der Waals surface area contributed by atoms with Gasteiger partial charge < -0.3 is 89.9 Å². The van der Waals surface area contributed by atoms with Crippen molar-refractivity contribution < 1.29 is 89.4 Å². The summed E-state index contributed by atoms with van der Waals surface area (Å²) >= 11 is 0. The molecule has 0 spiro atoms.